The summed E-state index contributed by atoms with van der Waals surface area (Å²) >= 11 is 0. The summed E-state index contributed by atoms with van der Waals surface area (Å²) in [6, 6.07) is 9.21. The molecule has 0 N–H and O–H groups in total. The summed E-state index contributed by atoms with van der Waals surface area (Å²) in [5.41, 5.74) is 2.79. The number of rotatable bonds is 5. The Balaban J connectivity index is 1.18. The van der Waals surface area contributed by atoms with Crippen LogP contribution < -0.4 is 9.47 Å². The fourth-order valence-corrected chi connectivity index (χ4v) is 4.34. The van der Waals surface area contributed by atoms with E-state index in [9.17, 15) is 18.4 Å². The number of fused-ring (bicyclic) bond motifs is 1. The van der Waals surface area contributed by atoms with Gasteiger partial charge in [0.25, 0.3) is 5.91 Å². The SMILES string of the molecule is Cc1cc(-c2ccc(OCC3CN(C(=O)c4cc5c(cc4F)OCC(=O)C5)C3)c(F)c2)n(C)n1. The van der Waals surface area contributed by atoms with Crippen molar-refractivity contribution in [2.75, 3.05) is 26.3 Å². The fourth-order valence-electron chi connectivity index (χ4n) is 4.34. The first-order valence-electron chi connectivity index (χ1n) is 11.0. The zero-order valence-corrected chi connectivity index (χ0v) is 18.8. The summed E-state index contributed by atoms with van der Waals surface area (Å²) in [6.07, 6.45) is 0.122. The number of amides is 1. The van der Waals surface area contributed by atoms with Crippen molar-refractivity contribution in [3.05, 3.63) is 64.9 Å². The molecule has 1 saturated heterocycles. The molecule has 3 heterocycles. The highest BCUT2D eigenvalue weighted by Gasteiger charge is 2.34. The van der Waals surface area contributed by atoms with Crippen molar-refractivity contribution in [2.24, 2.45) is 13.0 Å². The Morgan fingerprint density at radius 3 is 2.68 bits per heavy atom. The van der Waals surface area contributed by atoms with Gasteiger partial charge in [0.15, 0.2) is 17.3 Å². The Bertz CT molecular complexity index is 1300. The molecule has 0 aliphatic carbocycles. The lowest BCUT2D eigenvalue weighted by Crippen LogP contribution is -2.52. The average molecular weight is 467 g/mol. The minimum absolute atomic E-state index is 0.00773. The van der Waals surface area contributed by atoms with E-state index < -0.39 is 17.5 Å². The quantitative estimate of drug-likeness (QED) is 0.576. The summed E-state index contributed by atoms with van der Waals surface area (Å²) in [6.45, 7) is 2.77. The Labute approximate surface area is 194 Å². The van der Waals surface area contributed by atoms with Crippen LogP contribution in [0.3, 0.4) is 0 Å². The van der Waals surface area contributed by atoms with Crippen molar-refractivity contribution in [1.82, 2.24) is 14.7 Å². The number of carbonyl (C=O) groups excluding carboxylic acids is 2. The van der Waals surface area contributed by atoms with Crippen LogP contribution in [0.25, 0.3) is 11.3 Å². The number of Topliss-reactive ketones (excluding diaryl/α,β-unsaturated/α-hetero) is 1. The highest BCUT2D eigenvalue weighted by atomic mass is 19.1. The van der Waals surface area contributed by atoms with E-state index in [0.29, 0.717) is 30.0 Å². The van der Waals surface area contributed by atoms with E-state index in [1.807, 2.05) is 13.0 Å². The standard InChI is InChI=1S/C25H23F2N3O4/c1-14-5-22(29(2)28-14)16-3-4-23(21(27)8-16)33-12-15-10-30(11-15)25(32)19-7-17-6-18(31)13-34-24(17)9-20(19)26/h3-5,7-9,15H,6,10-13H2,1-2H3. The van der Waals surface area contributed by atoms with Crippen LogP contribution in [0.4, 0.5) is 8.78 Å². The number of nitrogens with zero attached hydrogens (tertiary/aromatic N) is 3. The van der Waals surface area contributed by atoms with Crippen molar-refractivity contribution < 1.29 is 27.8 Å². The molecule has 7 nitrogen and oxygen atoms in total. The molecule has 5 rings (SSSR count). The molecule has 9 heteroatoms. The third-order valence-electron chi connectivity index (χ3n) is 6.11. The first kappa shape index (κ1) is 22.1. The number of hydrogen-bond acceptors (Lipinski definition) is 5. The van der Waals surface area contributed by atoms with Crippen LogP contribution in [0.1, 0.15) is 21.6 Å². The number of aryl methyl sites for hydroxylation is 2. The number of halogens is 2. The van der Waals surface area contributed by atoms with Gasteiger partial charge in [0.1, 0.15) is 18.2 Å². The minimum atomic E-state index is -0.677. The Kier molecular flexibility index (Phi) is 5.55. The van der Waals surface area contributed by atoms with E-state index in [0.717, 1.165) is 17.5 Å². The molecular formula is C25H23F2N3O4. The lowest BCUT2D eigenvalue weighted by atomic mass is 9.97. The molecule has 2 aliphatic rings. The second kappa shape index (κ2) is 8.55. The first-order chi connectivity index (χ1) is 16.3. The third-order valence-corrected chi connectivity index (χ3v) is 6.11. The van der Waals surface area contributed by atoms with Crippen molar-refractivity contribution in [2.45, 2.75) is 13.3 Å². The average Bonchev–Trinajstić information content (AvgIpc) is 3.11. The Morgan fingerprint density at radius 2 is 1.97 bits per heavy atom. The molecule has 0 atom stereocenters. The van der Waals surface area contributed by atoms with Crippen molar-refractivity contribution in [1.29, 1.82) is 0 Å². The van der Waals surface area contributed by atoms with Gasteiger partial charge in [-0.25, -0.2) is 8.78 Å². The lowest BCUT2D eigenvalue weighted by Gasteiger charge is -2.39. The number of benzene rings is 2. The van der Waals surface area contributed by atoms with Crippen LogP contribution >= 0.6 is 0 Å². The van der Waals surface area contributed by atoms with Gasteiger partial charge in [0.2, 0.25) is 0 Å². The van der Waals surface area contributed by atoms with Gasteiger partial charge in [-0.2, -0.15) is 5.10 Å². The summed E-state index contributed by atoms with van der Waals surface area (Å²) in [5, 5.41) is 4.28. The number of likely N-dealkylation sites (tertiary alicyclic amines) is 1. The summed E-state index contributed by atoms with van der Waals surface area (Å²) in [7, 11) is 1.80. The second-order valence-electron chi connectivity index (χ2n) is 8.77. The zero-order chi connectivity index (χ0) is 24.0. The van der Waals surface area contributed by atoms with E-state index in [1.165, 1.54) is 17.0 Å². The predicted molar refractivity (Wildman–Crippen MR) is 119 cm³/mol. The van der Waals surface area contributed by atoms with E-state index in [2.05, 4.69) is 5.10 Å². The summed E-state index contributed by atoms with van der Waals surface area (Å²) in [4.78, 5) is 25.8. The van der Waals surface area contributed by atoms with Crippen LogP contribution in [0, 0.1) is 24.5 Å². The number of ether oxygens (including phenoxy) is 2. The molecule has 1 amide bonds. The normalized spacial score (nSPS) is 15.5. The Hall–Kier alpha value is -3.75. The maximum Gasteiger partial charge on any atom is 0.256 e. The minimum Gasteiger partial charge on any atom is -0.490 e. The van der Waals surface area contributed by atoms with E-state index in [-0.39, 0.29) is 42.6 Å². The molecule has 0 unspecified atom stereocenters. The van der Waals surface area contributed by atoms with Gasteiger partial charge in [-0.3, -0.25) is 14.3 Å². The smallest absolute Gasteiger partial charge is 0.256 e. The largest absolute Gasteiger partial charge is 0.490 e. The van der Waals surface area contributed by atoms with E-state index in [1.54, 1.807) is 23.9 Å². The van der Waals surface area contributed by atoms with Gasteiger partial charge in [0, 0.05) is 49.7 Å². The van der Waals surface area contributed by atoms with Crippen molar-refractivity contribution >= 4 is 11.7 Å². The van der Waals surface area contributed by atoms with Crippen LogP contribution in [0.5, 0.6) is 11.5 Å². The molecule has 0 bridgehead atoms. The number of hydrogen-bond donors (Lipinski definition) is 0. The van der Waals surface area contributed by atoms with E-state index in [4.69, 9.17) is 9.47 Å². The van der Waals surface area contributed by atoms with Gasteiger partial charge in [-0.05, 0) is 37.3 Å². The zero-order valence-electron chi connectivity index (χ0n) is 18.8. The van der Waals surface area contributed by atoms with Crippen LogP contribution in [0.2, 0.25) is 0 Å². The molecule has 34 heavy (non-hydrogen) atoms. The molecule has 0 spiro atoms. The monoisotopic (exact) mass is 467 g/mol. The molecule has 1 fully saturated rings. The molecule has 2 aliphatic heterocycles. The van der Waals surface area contributed by atoms with Gasteiger partial charge in [-0.15, -0.1) is 0 Å². The summed E-state index contributed by atoms with van der Waals surface area (Å²) < 4.78 is 41.6. The van der Waals surface area contributed by atoms with Crippen LogP contribution in [0.15, 0.2) is 36.4 Å². The molecular weight excluding hydrogens is 444 g/mol. The number of carbonyl (C=O) groups is 2. The number of aromatic nitrogens is 2. The Morgan fingerprint density at radius 1 is 1.18 bits per heavy atom. The fraction of sp³-hybridized carbons (Fsp3) is 0.320. The van der Waals surface area contributed by atoms with Crippen molar-refractivity contribution in [3.63, 3.8) is 0 Å². The molecule has 1 aromatic heterocycles. The van der Waals surface area contributed by atoms with Crippen molar-refractivity contribution in [3.8, 4) is 22.8 Å². The van der Waals surface area contributed by atoms with Gasteiger partial charge in [-0.1, -0.05) is 0 Å². The first-order valence-corrected chi connectivity index (χ1v) is 11.0. The predicted octanol–water partition coefficient (Wildman–Crippen LogP) is 3.33. The third kappa shape index (κ3) is 4.13. The van der Waals surface area contributed by atoms with Crippen LogP contribution in [-0.4, -0.2) is 52.7 Å². The topological polar surface area (TPSA) is 73.7 Å². The van der Waals surface area contributed by atoms with Crippen LogP contribution in [-0.2, 0) is 18.3 Å². The molecule has 3 aromatic rings. The van der Waals surface area contributed by atoms with E-state index >= 15 is 0 Å². The molecule has 176 valence electrons. The lowest BCUT2D eigenvalue weighted by molar-refractivity contribution is -0.121. The molecule has 0 saturated carbocycles. The molecule has 2 aromatic carbocycles. The van der Waals surface area contributed by atoms with Gasteiger partial charge < -0.3 is 14.4 Å². The summed E-state index contributed by atoms with van der Waals surface area (Å²) in [5.74, 6) is -1.27. The highest BCUT2D eigenvalue weighted by molar-refractivity contribution is 5.96. The maximum atomic E-state index is 14.6. The van der Waals surface area contributed by atoms with Gasteiger partial charge in [0.05, 0.1) is 23.6 Å². The maximum absolute atomic E-state index is 14.6. The highest BCUT2D eigenvalue weighted by Crippen LogP contribution is 2.30. The van der Waals surface area contributed by atoms with Gasteiger partial charge >= 0.3 is 0 Å². The molecule has 0 radical (unpaired) electrons. The number of ketones is 1. The second-order valence-corrected chi connectivity index (χ2v) is 8.77.